The minimum absolute atomic E-state index is 0.0823. The number of halogens is 3. The van der Waals surface area contributed by atoms with Gasteiger partial charge in [0.05, 0.1) is 6.10 Å². The monoisotopic (exact) mass is 305 g/mol. The van der Waals surface area contributed by atoms with Crippen LogP contribution in [-0.4, -0.2) is 25.1 Å². The van der Waals surface area contributed by atoms with Crippen molar-refractivity contribution in [2.45, 2.75) is 45.7 Å². The second kappa shape index (κ2) is 7.66. The molecule has 0 aliphatic heterocycles. The van der Waals surface area contributed by atoms with Crippen molar-refractivity contribution >= 4 is 0 Å². The lowest BCUT2D eigenvalue weighted by Gasteiger charge is -2.27. The highest BCUT2D eigenvalue weighted by molar-refractivity contribution is 5.28. The molecule has 1 rings (SSSR count). The third-order valence-corrected chi connectivity index (χ3v) is 3.07. The second-order valence-corrected chi connectivity index (χ2v) is 5.22. The molecule has 2 unspecified atom stereocenters. The molecule has 0 spiro atoms. The highest BCUT2D eigenvalue weighted by atomic mass is 19.4. The van der Waals surface area contributed by atoms with Crippen LogP contribution >= 0.6 is 0 Å². The van der Waals surface area contributed by atoms with Gasteiger partial charge in [0.2, 0.25) is 0 Å². The second-order valence-electron chi connectivity index (χ2n) is 5.22. The fourth-order valence-electron chi connectivity index (χ4n) is 2.22. The summed E-state index contributed by atoms with van der Waals surface area (Å²) >= 11 is 0. The summed E-state index contributed by atoms with van der Waals surface area (Å²) in [4.78, 5) is 0. The van der Waals surface area contributed by atoms with Crippen molar-refractivity contribution in [3.63, 3.8) is 0 Å². The first kappa shape index (κ1) is 17.8. The van der Waals surface area contributed by atoms with Crippen LogP contribution < -0.4 is 10.5 Å². The smallest absolute Gasteiger partial charge is 0.406 e. The molecule has 3 nitrogen and oxygen atoms in total. The molecule has 0 heterocycles. The van der Waals surface area contributed by atoms with E-state index in [0.717, 1.165) is 5.56 Å². The van der Waals surface area contributed by atoms with Gasteiger partial charge in [0, 0.05) is 12.6 Å². The van der Waals surface area contributed by atoms with Gasteiger partial charge < -0.3 is 15.2 Å². The van der Waals surface area contributed by atoms with E-state index in [1.165, 1.54) is 12.1 Å². The Morgan fingerprint density at radius 2 is 1.71 bits per heavy atom. The Balaban J connectivity index is 2.66. The highest BCUT2D eigenvalue weighted by Crippen LogP contribution is 2.23. The third-order valence-electron chi connectivity index (χ3n) is 3.07. The molecule has 1 aromatic carbocycles. The molecule has 21 heavy (non-hydrogen) atoms. The molecule has 1 aromatic rings. The standard InChI is InChI=1S/C15H22F3NO2/c1-4-20-14(10(2)3)13(19)9-11-5-7-12(8-6-11)21-15(16,17)18/h5-8,10,13-14H,4,9,19H2,1-3H3. The molecular weight excluding hydrogens is 283 g/mol. The Kier molecular flexibility index (Phi) is 6.48. The van der Waals surface area contributed by atoms with Crippen molar-refractivity contribution in [1.29, 1.82) is 0 Å². The molecule has 0 aliphatic carbocycles. The number of hydrogen-bond donors (Lipinski definition) is 1. The summed E-state index contributed by atoms with van der Waals surface area (Å²) in [6.45, 7) is 6.54. The van der Waals surface area contributed by atoms with Gasteiger partial charge in [-0.15, -0.1) is 13.2 Å². The van der Waals surface area contributed by atoms with Crippen LogP contribution in [0.15, 0.2) is 24.3 Å². The molecular formula is C15H22F3NO2. The number of benzene rings is 1. The molecule has 0 aromatic heterocycles. The third kappa shape index (κ3) is 6.35. The molecule has 0 aliphatic rings. The van der Waals surface area contributed by atoms with Gasteiger partial charge in [-0.05, 0) is 37.0 Å². The van der Waals surface area contributed by atoms with Gasteiger partial charge in [0.1, 0.15) is 5.75 Å². The fraction of sp³-hybridized carbons (Fsp3) is 0.600. The molecule has 6 heteroatoms. The Hall–Kier alpha value is -1.27. The summed E-state index contributed by atoms with van der Waals surface area (Å²) in [5.41, 5.74) is 6.99. The van der Waals surface area contributed by atoms with Crippen LogP contribution in [0.1, 0.15) is 26.3 Å². The van der Waals surface area contributed by atoms with Crippen LogP contribution in [0.5, 0.6) is 5.75 Å². The predicted molar refractivity (Wildman–Crippen MR) is 75.1 cm³/mol. The van der Waals surface area contributed by atoms with Crippen LogP contribution in [0.3, 0.4) is 0 Å². The highest BCUT2D eigenvalue weighted by Gasteiger charge is 2.31. The summed E-state index contributed by atoms with van der Waals surface area (Å²) in [7, 11) is 0. The SMILES string of the molecule is CCOC(C(C)C)C(N)Cc1ccc(OC(F)(F)F)cc1. The summed E-state index contributed by atoms with van der Waals surface area (Å²) in [5.74, 6) is 0.0397. The van der Waals surface area contributed by atoms with Crippen molar-refractivity contribution in [3.05, 3.63) is 29.8 Å². The first-order chi connectivity index (χ1) is 9.73. The quantitative estimate of drug-likeness (QED) is 0.838. The topological polar surface area (TPSA) is 44.5 Å². The van der Waals surface area contributed by atoms with E-state index in [2.05, 4.69) is 4.74 Å². The first-order valence-electron chi connectivity index (χ1n) is 6.94. The zero-order chi connectivity index (χ0) is 16.0. The van der Waals surface area contributed by atoms with E-state index in [0.29, 0.717) is 13.0 Å². The molecule has 0 bridgehead atoms. The van der Waals surface area contributed by atoms with Gasteiger partial charge in [-0.1, -0.05) is 26.0 Å². The average molecular weight is 305 g/mol. The van der Waals surface area contributed by atoms with Crippen molar-refractivity contribution in [2.24, 2.45) is 11.7 Å². The Morgan fingerprint density at radius 3 is 2.14 bits per heavy atom. The molecule has 0 saturated heterocycles. The Morgan fingerprint density at radius 1 is 1.14 bits per heavy atom. The Bertz CT molecular complexity index is 418. The van der Waals surface area contributed by atoms with E-state index < -0.39 is 6.36 Å². The van der Waals surface area contributed by atoms with E-state index in [-0.39, 0.29) is 23.8 Å². The van der Waals surface area contributed by atoms with E-state index >= 15 is 0 Å². The summed E-state index contributed by atoms with van der Waals surface area (Å²) < 4.78 is 45.7. The minimum Gasteiger partial charge on any atom is -0.406 e. The molecule has 0 radical (unpaired) electrons. The predicted octanol–water partition coefficient (Wildman–Crippen LogP) is 3.52. The minimum atomic E-state index is -4.67. The molecule has 120 valence electrons. The molecule has 2 atom stereocenters. The van der Waals surface area contributed by atoms with E-state index in [4.69, 9.17) is 10.5 Å². The van der Waals surface area contributed by atoms with Crippen molar-refractivity contribution < 1.29 is 22.6 Å². The average Bonchev–Trinajstić information content (AvgIpc) is 2.36. The number of hydrogen-bond acceptors (Lipinski definition) is 3. The van der Waals surface area contributed by atoms with Crippen molar-refractivity contribution in [3.8, 4) is 5.75 Å². The van der Waals surface area contributed by atoms with Crippen LogP contribution in [0.25, 0.3) is 0 Å². The molecule has 0 saturated carbocycles. The zero-order valence-corrected chi connectivity index (χ0v) is 12.5. The van der Waals surface area contributed by atoms with Crippen molar-refractivity contribution in [2.75, 3.05) is 6.61 Å². The summed E-state index contributed by atoms with van der Waals surface area (Å²) in [6.07, 6.45) is -4.22. The van der Waals surface area contributed by atoms with E-state index in [9.17, 15) is 13.2 Å². The molecule has 2 N–H and O–H groups in total. The maximum absolute atomic E-state index is 12.1. The van der Waals surface area contributed by atoms with Gasteiger partial charge >= 0.3 is 6.36 Å². The Labute approximate surface area is 123 Å². The van der Waals surface area contributed by atoms with E-state index in [1.54, 1.807) is 12.1 Å². The fourth-order valence-corrected chi connectivity index (χ4v) is 2.22. The van der Waals surface area contributed by atoms with E-state index in [1.807, 2.05) is 20.8 Å². The van der Waals surface area contributed by atoms with Gasteiger partial charge in [-0.3, -0.25) is 0 Å². The van der Waals surface area contributed by atoms with Crippen LogP contribution in [0.4, 0.5) is 13.2 Å². The maximum Gasteiger partial charge on any atom is 0.573 e. The molecule has 0 amide bonds. The lowest BCUT2D eigenvalue weighted by atomic mass is 9.94. The van der Waals surface area contributed by atoms with Gasteiger partial charge in [0.15, 0.2) is 0 Å². The normalized spacial score (nSPS) is 15.0. The molecule has 0 fully saturated rings. The van der Waals surface area contributed by atoms with Crippen LogP contribution in [0.2, 0.25) is 0 Å². The largest absolute Gasteiger partial charge is 0.573 e. The van der Waals surface area contributed by atoms with Gasteiger partial charge in [0.25, 0.3) is 0 Å². The summed E-state index contributed by atoms with van der Waals surface area (Å²) in [6, 6.07) is 5.55. The number of rotatable bonds is 7. The lowest BCUT2D eigenvalue weighted by molar-refractivity contribution is -0.274. The van der Waals surface area contributed by atoms with Gasteiger partial charge in [-0.2, -0.15) is 0 Å². The van der Waals surface area contributed by atoms with Crippen LogP contribution in [-0.2, 0) is 11.2 Å². The van der Waals surface area contributed by atoms with Gasteiger partial charge in [-0.25, -0.2) is 0 Å². The lowest BCUT2D eigenvalue weighted by Crippen LogP contribution is -2.42. The number of ether oxygens (including phenoxy) is 2. The maximum atomic E-state index is 12.1. The zero-order valence-electron chi connectivity index (χ0n) is 12.5. The van der Waals surface area contributed by atoms with Crippen molar-refractivity contribution in [1.82, 2.24) is 0 Å². The summed E-state index contributed by atoms with van der Waals surface area (Å²) in [5, 5.41) is 0. The first-order valence-corrected chi connectivity index (χ1v) is 6.94. The number of alkyl halides is 3. The van der Waals surface area contributed by atoms with Crippen LogP contribution in [0, 0.1) is 5.92 Å². The number of nitrogens with two attached hydrogens (primary N) is 1.